The van der Waals surface area contributed by atoms with Crippen LogP contribution in [0, 0.1) is 0 Å². The number of halogens is 3. The van der Waals surface area contributed by atoms with Crippen LogP contribution in [0.5, 0.6) is 0 Å². The largest absolute Gasteiger partial charge is 0.336 e. The molecule has 0 aliphatic carbocycles. The lowest BCUT2D eigenvalue weighted by Crippen LogP contribution is -2.36. The van der Waals surface area contributed by atoms with E-state index in [0.29, 0.717) is 6.54 Å². The molecule has 0 saturated carbocycles. The molecule has 0 aliphatic rings. The van der Waals surface area contributed by atoms with E-state index in [-0.39, 0.29) is 16.9 Å². The molecule has 18 heavy (non-hydrogen) atoms. The predicted molar refractivity (Wildman–Crippen MR) is 66.5 cm³/mol. The normalized spacial score (nSPS) is 12.6. The Balaban J connectivity index is 3.00. The molecule has 1 aromatic heterocycles. The molecule has 0 unspecified atom stereocenters. The van der Waals surface area contributed by atoms with E-state index in [2.05, 4.69) is 20.9 Å². The minimum atomic E-state index is -3.96. The molecule has 0 radical (unpaired) electrons. The molecule has 5 nitrogen and oxygen atoms in total. The zero-order valence-electron chi connectivity index (χ0n) is 9.76. The third-order valence-electron chi connectivity index (χ3n) is 2.25. The van der Waals surface area contributed by atoms with E-state index in [0.717, 1.165) is 4.31 Å². The Morgan fingerprint density at radius 3 is 2.67 bits per heavy atom. The minimum Gasteiger partial charge on any atom is -0.336 e. The van der Waals surface area contributed by atoms with Crippen LogP contribution in [0.15, 0.2) is 17.6 Å². The number of hydrogen-bond acceptors (Lipinski definition) is 3. The Kier molecular flexibility index (Phi) is 5.67. The summed E-state index contributed by atoms with van der Waals surface area (Å²) in [6.07, 6.45) is -0.0176. The average molecular weight is 346 g/mol. The first-order chi connectivity index (χ1) is 8.41. The lowest BCUT2D eigenvalue weighted by atomic mass is 10.6. The fourth-order valence-electron chi connectivity index (χ4n) is 1.34. The molecule has 0 N–H and O–H groups in total. The molecule has 0 amide bonds. The quantitative estimate of drug-likeness (QED) is 0.704. The number of aryl methyl sites for hydroxylation is 1. The van der Waals surface area contributed by atoms with E-state index in [4.69, 9.17) is 0 Å². The fraction of sp³-hybridized carbons (Fsp3) is 0.667. The van der Waals surface area contributed by atoms with Crippen molar-refractivity contribution < 1.29 is 17.2 Å². The SMILES string of the molecule is CCn1cnc(S(=O)(=O)N(CCBr)CC(F)F)c1. The van der Waals surface area contributed by atoms with Gasteiger partial charge in [0.05, 0.1) is 12.9 Å². The molecule has 1 aromatic rings. The molecule has 0 bridgehead atoms. The second-order valence-corrected chi connectivity index (χ2v) is 6.16. The van der Waals surface area contributed by atoms with Crippen LogP contribution in [0.1, 0.15) is 6.92 Å². The lowest BCUT2D eigenvalue weighted by Gasteiger charge is -2.19. The Morgan fingerprint density at radius 1 is 1.56 bits per heavy atom. The predicted octanol–water partition coefficient (Wildman–Crippen LogP) is 1.55. The van der Waals surface area contributed by atoms with E-state index in [9.17, 15) is 17.2 Å². The fourth-order valence-corrected chi connectivity index (χ4v) is 3.35. The number of alkyl halides is 3. The second-order valence-electron chi connectivity index (χ2n) is 3.49. The molecule has 0 aromatic carbocycles. The molecule has 0 spiro atoms. The molecule has 0 saturated heterocycles. The third kappa shape index (κ3) is 3.72. The highest BCUT2D eigenvalue weighted by Crippen LogP contribution is 2.15. The van der Waals surface area contributed by atoms with E-state index < -0.39 is 23.0 Å². The van der Waals surface area contributed by atoms with Crippen LogP contribution in [0.4, 0.5) is 8.78 Å². The highest BCUT2D eigenvalue weighted by atomic mass is 79.9. The standard InChI is InChI=1S/C9H14BrF2N3O2S/c1-2-14-6-9(13-7-14)18(16,17)15(4-3-10)5-8(11)12/h6-8H,2-5H2,1H3. The minimum absolute atomic E-state index is 0.0222. The number of nitrogens with zero attached hydrogens (tertiary/aromatic N) is 3. The molecule has 104 valence electrons. The van der Waals surface area contributed by atoms with Crippen LogP contribution < -0.4 is 0 Å². The molecule has 9 heteroatoms. The number of aromatic nitrogens is 2. The molecular weight excluding hydrogens is 332 g/mol. The van der Waals surface area contributed by atoms with Gasteiger partial charge in [-0.25, -0.2) is 22.2 Å². The van der Waals surface area contributed by atoms with Crippen LogP contribution in [-0.2, 0) is 16.6 Å². The molecule has 0 fully saturated rings. The number of rotatable bonds is 7. The molecule has 1 rings (SSSR count). The zero-order valence-corrected chi connectivity index (χ0v) is 12.2. The number of hydrogen-bond donors (Lipinski definition) is 0. The summed E-state index contributed by atoms with van der Waals surface area (Å²) >= 11 is 3.05. The van der Waals surface area contributed by atoms with Gasteiger partial charge in [0.2, 0.25) is 0 Å². The van der Waals surface area contributed by atoms with Crippen molar-refractivity contribution in [3.05, 3.63) is 12.5 Å². The van der Waals surface area contributed by atoms with Crippen molar-refractivity contribution in [2.24, 2.45) is 0 Å². The summed E-state index contributed by atoms with van der Waals surface area (Å²) in [5, 5.41) is 0.0823. The highest BCUT2D eigenvalue weighted by molar-refractivity contribution is 9.09. The summed E-state index contributed by atoms with van der Waals surface area (Å²) in [5.74, 6) is 0. The van der Waals surface area contributed by atoms with Crippen molar-refractivity contribution in [3.63, 3.8) is 0 Å². The topological polar surface area (TPSA) is 55.2 Å². The molecular formula is C9H14BrF2N3O2S. The van der Waals surface area contributed by atoms with Crippen molar-refractivity contribution in [1.29, 1.82) is 0 Å². The maximum atomic E-state index is 12.4. The summed E-state index contributed by atoms with van der Waals surface area (Å²) in [4.78, 5) is 3.74. The molecule has 1 heterocycles. The maximum Gasteiger partial charge on any atom is 0.262 e. The van der Waals surface area contributed by atoms with Crippen molar-refractivity contribution in [3.8, 4) is 0 Å². The zero-order chi connectivity index (χ0) is 13.8. The molecule has 0 atom stereocenters. The van der Waals surface area contributed by atoms with Crippen LogP contribution in [0.3, 0.4) is 0 Å². The summed E-state index contributed by atoms with van der Waals surface area (Å²) in [6, 6.07) is 0. The van der Waals surface area contributed by atoms with Gasteiger partial charge >= 0.3 is 0 Å². The van der Waals surface area contributed by atoms with Gasteiger partial charge in [-0.15, -0.1) is 0 Å². The van der Waals surface area contributed by atoms with E-state index in [1.165, 1.54) is 12.5 Å². The highest BCUT2D eigenvalue weighted by Gasteiger charge is 2.28. The first kappa shape index (κ1) is 15.5. The van der Waals surface area contributed by atoms with Gasteiger partial charge in [-0.2, -0.15) is 4.31 Å². The van der Waals surface area contributed by atoms with E-state index in [1.54, 1.807) is 4.57 Å². The van der Waals surface area contributed by atoms with Crippen LogP contribution in [0.25, 0.3) is 0 Å². The second kappa shape index (κ2) is 6.58. The Labute approximate surface area is 113 Å². The first-order valence-electron chi connectivity index (χ1n) is 5.27. The smallest absolute Gasteiger partial charge is 0.262 e. The van der Waals surface area contributed by atoms with Gasteiger partial charge in [-0.05, 0) is 6.92 Å². The van der Waals surface area contributed by atoms with Gasteiger partial charge in [-0.1, -0.05) is 15.9 Å². The van der Waals surface area contributed by atoms with Gasteiger partial charge in [0.1, 0.15) is 0 Å². The summed E-state index contributed by atoms with van der Waals surface area (Å²) in [7, 11) is -3.96. The van der Waals surface area contributed by atoms with Crippen LogP contribution >= 0.6 is 15.9 Å². The van der Waals surface area contributed by atoms with E-state index in [1.807, 2.05) is 6.92 Å². The average Bonchev–Trinajstić information content (AvgIpc) is 2.77. The summed E-state index contributed by atoms with van der Waals surface area (Å²) < 4.78 is 51.2. The van der Waals surface area contributed by atoms with Crippen LogP contribution in [0.2, 0.25) is 0 Å². The van der Waals surface area contributed by atoms with Crippen molar-refractivity contribution >= 4 is 26.0 Å². The Hall–Kier alpha value is -0.540. The van der Waals surface area contributed by atoms with Gasteiger partial charge in [-0.3, -0.25) is 0 Å². The van der Waals surface area contributed by atoms with Gasteiger partial charge in [0, 0.05) is 24.6 Å². The lowest BCUT2D eigenvalue weighted by molar-refractivity contribution is 0.121. The number of sulfonamides is 1. The monoisotopic (exact) mass is 345 g/mol. The van der Waals surface area contributed by atoms with Crippen molar-refractivity contribution in [1.82, 2.24) is 13.9 Å². The van der Waals surface area contributed by atoms with Gasteiger partial charge in [0.25, 0.3) is 16.4 Å². The third-order valence-corrected chi connectivity index (χ3v) is 4.36. The van der Waals surface area contributed by atoms with Gasteiger partial charge < -0.3 is 4.57 Å². The summed E-state index contributed by atoms with van der Waals surface area (Å²) in [5.41, 5.74) is 0. The van der Waals surface area contributed by atoms with E-state index >= 15 is 0 Å². The van der Waals surface area contributed by atoms with Crippen LogP contribution in [-0.4, -0.2) is 47.1 Å². The number of imidazole rings is 1. The maximum absolute atomic E-state index is 12.4. The van der Waals surface area contributed by atoms with Crippen molar-refractivity contribution in [2.45, 2.75) is 24.9 Å². The van der Waals surface area contributed by atoms with Crippen molar-refractivity contribution in [2.75, 3.05) is 18.4 Å². The molecule has 0 aliphatic heterocycles. The van der Waals surface area contributed by atoms with Gasteiger partial charge in [0.15, 0.2) is 5.03 Å². The summed E-state index contributed by atoms with van der Waals surface area (Å²) in [6.45, 7) is 1.54. The first-order valence-corrected chi connectivity index (χ1v) is 7.84. The Bertz CT molecular complexity index is 478. The Morgan fingerprint density at radius 2 is 2.22 bits per heavy atom.